The molecular weight excluding hydrogens is 330 g/mol. The number of aromatic nitrogens is 2. The van der Waals surface area contributed by atoms with E-state index in [1.54, 1.807) is 11.0 Å². The maximum atomic E-state index is 12.3. The number of halogens is 1. The molecule has 1 saturated heterocycles. The third-order valence-corrected chi connectivity index (χ3v) is 3.76. The fourth-order valence-electron chi connectivity index (χ4n) is 2.60. The number of anilines is 1. The van der Waals surface area contributed by atoms with Crippen molar-refractivity contribution in [1.82, 2.24) is 14.9 Å². The zero-order valence-corrected chi connectivity index (χ0v) is 15.2. The van der Waals surface area contributed by atoms with E-state index < -0.39 is 5.60 Å². The second-order valence-electron chi connectivity index (χ2n) is 6.81. The summed E-state index contributed by atoms with van der Waals surface area (Å²) in [6, 6.07) is 3.61. The van der Waals surface area contributed by atoms with Crippen LogP contribution in [0.2, 0.25) is 5.28 Å². The highest BCUT2D eigenvalue weighted by molar-refractivity contribution is 6.28. The first kappa shape index (κ1) is 18.3. The van der Waals surface area contributed by atoms with Crippen LogP contribution in [0.4, 0.5) is 10.6 Å². The van der Waals surface area contributed by atoms with Gasteiger partial charge in [0.2, 0.25) is 5.28 Å². The quantitative estimate of drug-likeness (QED) is 0.723. The number of carbonyl (C=O) groups is 1. The molecular formula is C16H22ClN5O2. The van der Waals surface area contributed by atoms with Crippen LogP contribution in [-0.4, -0.2) is 52.2 Å². The van der Waals surface area contributed by atoms with Crippen molar-refractivity contribution in [2.75, 3.05) is 24.5 Å². The summed E-state index contributed by atoms with van der Waals surface area (Å²) in [5, 5.41) is 9.09. The van der Waals surface area contributed by atoms with Crippen molar-refractivity contribution in [3.05, 3.63) is 17.0 Å². The van der Waals surface area contributed by atoms with Crippen LogP contribution in [0.25, 0.3) is 0 Å². The van der Waals surface area contributed by atoms with Crippen LogP contribution < -0.4 is 4.90 Å². The summed E-state index contributed by atoms with van der Waals surface area (Å²) in [5.74, 6) is 0.602. The summed E-state index contributed by atoms with van der Waals surface area (Å²) < 4.78 is 5.46. The fraction of sp³-hybridized carbons (Fsp3) is 0.625. The van der Waals surface area contributed by atoms with E-state index in [4.69, 9.17) is 21.6 Å². The molecule has 1 aliphatic rings. The van der Waals surface area contributed by atoms with Crippen molar-refractivity contribution in [2.24, 2.45) is 0 Å². The molecule has 1 aromatic heterocycles. The van der Waals surface area contributed by atoms with Crippen molar-refractivity contribution >= 4 is 23.5 Å². The molecule has 130 valence electrons. The maximum absolute atomic E-state index is 12.3. The monoisotopic (exact) mass is 351 g/mol. The summed E-state index contributed by atoms with van der Waals surface area (Å²) in [5.41, 5.74) is -0.292. The molecule has 8 heteroatoms. The third kappa shape index (κ3) is 4.71. The first-order valence-electron chi connectivity index (χ1n) is 7.89. The van der Waals surface area contributed by atoms with Gasteiger partial charge in [-0.15, -0.1) is 0 Å². The van der Waals surface area contributed by atoms with Crippen LogP contribution in [-0.2, 0) is 4.74 Å². The highest BCUT2D eigenvalue weighted by Gasteiger charge is 2.28. The highest BCUT2D eigenvalue weighted by atomic mass is 35.5. The standard InChI is InChI=1S/C16H22ClN5O2/c1-11-10-21(15(23)24-16(2,3)4)6-5-7-22(11)13-8-12(9-18)19-14(17)20-13/h8,11H,5-7,10H2,1-4H3/t11-/m0/s1. The summed E-state index contributed by atoms with van der Waals surface area (Å²) in [6.45, 7) is 9.39. The van der Waals surface area contributed by atoms with Gasteiger partial charge in [-0.1, -0.05) is 0 Å². The van der Waals surface area contributed by atoms with E-state index in [1.165, 1.54) is 0 Å². The molecule has 0 unspecified atom stereocenters. The van der Waals surface area contributed by atoms with Gasteiger partial charge in [-0.05, 0) is 45.7 Å². The lowest BCUT2D eigenvalue weighted by atomic mass is 10.2. The molecule has 0 bridgehead atoms. The fourth-order valence-corrected chi connectivity index (χ4v) is 2.78. The van der Waals surface area contributed by atoms with E-state index in [1.807, 2.05) is 38.7 Å². The predicted molar refractivity (Wildman–Crippen MR) is 91.0 cm³/mol. The molecule has 1 aliphatic heterocycles. The van der Waals surface area contributed by atoms with Gasteiger partial charge >= 0.3 is 6.09 Å². The molecule has 24 heavy (non-hydrogen) atoms. The zero-order chi connectivity index (χ0) is 17.9. The lowest BCUT2D eigenvalue weighted by Gasteiger charge is -2.31. The Morgan fingerprint density at radius 3 is 2.75 bits per heavy atom. The topological polar surface area (TPSA) is 82.4 Å². The molecule has 1 atom stereocenters. The molecule has 7 nitrogen and oxygen atoms in total. The SMILES string of the molecule is C[C@H]1CN(C(=O)OC(C)(C)C)CCCN1c1cc(C#N)nc(Cl)n1. The Labute approximate surface area is 147 Å². The third-order valence-electron chi connectivity index (χ3n) is 3.59. The van der Waals surface area contributed by atoms with Crippen molar-refractivity contribution < 1.29 is 9.53 Å². The van der Waals surface area contributed by atoms with Crippen molar-refractivity contribution in [2.45, 2.75) is 45.8 Å². The van der Waals surface area contributed by atoms with E-state index in [-0.39, 0.29) is 23.1 Å². The first-order valence-corrected chi connectivity index (χ1v) is 8.26. The second-order valence-corrected chi connectivity index (χ2v) is 7.15. The van der Waals surface area contributed by atoms with Crippen molar-refractivity contribution in [3.63, 3.8) is 0 Å². The minimum atomic E-state index is -0.520. The Morgan fingerprint density at radius 1 is 1.42 bits per heavy atom. The van der Waals surface area contributed by atoms with Gasteiger partial charge in [-0.2, -0.15) is 5.26 Å². The molecule has 0 saturated carbocycles. The first-order chi connectivity index (χ1) is 11.2. The average molecular weight is 352 g/mol. The smallest absolute Gasteiger partial charge is 0.410 e. The van der Waals surface area contributed by atoms with Crippen LogP contribution in [0, 0.1) is 11.3 Å². The molecule has 1 aromatic rings. The lowest BCUT2D eigenvalue weighted by molar-refractivity contribution is 0.0252. The van der Waals surface area contributed by atoms with E-state index in [9.17, 15) is 4.79 Å². The number of amides is 1. The predicted octanol–water partition coefficient (Wildman–Crippen LogP) is 2.84. The van der Waals surface area contributed by atoms with Crippen LogP contribution in [0.3, 0.4) is 0 Å². The molecule has 0 spiro atoms. The van der Waals surface area contributed by atoms with Crippen molar-refractivity contribution in [1.29, 1.82) is 5.26 Å². The number of rotatable bonds is 1. The van der Waals surface area contributed by atoms with E-state index in [0.29, 0.717) is 25.5 Å². The van der Waals surface area contributed by atoms with Crippen LogP contribution in [0.5, 0.6) is 0 Å². The van der Waals surface area contributed by atoms with Gasteiger partial charge in [0.25, 0.3) is 0 Å². The molecule has 0 aliphatic carbocycles. The number of nitrogens with zero attached hydrogens (tertiary/aromatic N) is 5. The highest BCUT2D eigenvalue weighted by Crippen LogP contribution is 2.21. The minimum absolute atomic E-state index is 0.0116. The van der Waals surface area contributed by atoms with Gasteiger partial charge in [0, 0.05) is 31.7 Å². The van der Waals surface area contributed by atoms with Gasteiger partial charge in [0.1, 0.15) is 23.2 Å². The summed E-state index contributed by atoms with van der Waals surface area (Å²) in [7, 11) is 0. The van der Waals surface area contributed by atoms with Gasteiger partial charge in [0.05, 0.1) is 0 Å². The van der Waals surface area contributed by atoms with Crippen LogP contribution >= 0.6 is 11.6 Å². The molecule has 0 radical (unpaired) electrons. The number of carbonyl (C=O) groups excluding carboxylic acids is 1. The number of nitriles is 1. The Balaban J connectivity index is 2.15. The number of hydrogen-bond donors (Lipinski definition) is 0. The lowest BCUT2D eigenvalue weighted by Crippen LogP contribution is -2.43. The van der Waals surface area contributed by atoms with Gasteiger partial charge < -0.3 is 14.5 Å². The van der Waals surface area contributed by atoms with Crippen LogP contribution in [0.15, 0.2) is 6.07 Å². The van der Waals surface area contributed by atoms with E-state index in [2.05, 4.69) is 9.97 Å². The molecule has 2 rings (SSSR count). The molecule has 2 heterocycles. The van der Waals surface area contributed by atoms with Crippen molar-refractivity contribution in [3.8, 4) is 6.07 Å². The Bertz CT molecular complexity index is 653. The van der Waals surface area contributed by atoms with E-state index >= 15 is 0 Å². The minimum Gasteiger partial charge on any atom is -0.444 e. The Hall–Kier alpha value is -2.07. The van der Waals surface area contributed by atoms with Crippen LogP contribution in [0.1, 0.15) is 39.8 Å². The molecule has 0 aromatic carbocycles. The summed E-state index contributed by atoms with van der Waals surface area (Å²) in [6.07, 6.45) is 0.460. The number of ether oxygens (including phenoxy) is 1. The van der Waals surface area contributed by atoms with E-state index in [0.717, 1.165) is 6.42 Å². The summed E-state index contributed by atoms with van der Waals surface area (Å²) >= 11 is 5.90. The summed E-state index contributed by atoms with van der Waals surface area (Å²) in [4.78, 5) is 24.1. The second kappa shape index (κ2) is 7.22. The van der Waals surface area contributed by atoms with Gasteiger partial charge in [-0.3, -0.25) is 0 Å². The zero-order valence-electron chi connectivity index (χ0n) is 14.4. The number of hydrogen-bond acceptors (Lipinski definition) is 6. The van der Waals surface area contributed by atoms with Gasteiger partial charge in [0.15, 0.2) is 0 Å². The Kier molecular flexibility index (Phi) is 5.50. The normalized spacial score (nSPS) is 18.8. The Morgan fingerprint density at radius 2 is 2.12 bits per heavy atom. The average Bonchev–Trinajstić information content (AvgIpc) is 2.66. The molecule has 1 amide bonds. The van der Waals surface area contributed by atoms with Gasteiger partial charge in [-0.25, -0.2) is 14.8 Å². The molecule has 1 fully saturated rings. The molecule has 0 N–H and O–H groups in total. The largest absolute Gasteiger partial charge is 0.444 e. The maximum Gasteiger partial charge on any atom is 0.410 e.